The van der Waals surface area contributed by atoms with E-state index in [0.29, 0.717) is 5.02 Å². The molecule has 1 aromatic rings. The van der Waals surface area contributed by atoms with E-state index in [0.717, 1.165) is 5.56 Å². The number of sulfone groups is 1. The van der Waals surface area contributed by atoms with E-state index in [4.69, 9.17) is 22.1 Å². The Morgan fingerprint density at radius 2 is 2.17 bits per heavy atom. The van der Waals surface area contributed by atoms with Crippen LogP contribution in [0.15, 0.2) is 24.3 Å². The minimum Gasteiger partial charge on any atom is -0.383 e. The summed E-state index contributed by atoms with van der Waals surface area (Å²) in [5.74, 6) is -0.258. The van der Waals surface area contributed by atoms with Gasteiger partial charge in [0.15, 0.2) is 9.84 Å². The minimum atomic E-state index is -3.22. The van der Waals surface area contributed by atoms with Crippen LogP contribution in [0.3, 0.4) is 0 Å². The molecule has 4 nitrogen and oxygen atoms in total. The Balaban J connectivity index is 2.39. The molecule has 3 atom stereocenters. The van der Waals surface area contributed by atoms with Gasteiger partial charge in [-0.15, -0.1) is 0 Å². The fourth-order valence-electron chi connectivity index (χ4n) is 2.68. The summed E-state index contributed by atoms with van der Waals surface area (Å²) in [6, 6.07) is 7.15. The number of nitrogens with two attached hydrogens (primary N) is 1. The molecule has 1 fully saturated rings. The molecule has 0 heterocycles. The van der Waals surface area contributed by atoms with Crippen LogP contribution < -0.4 is 5.73 Å². The van der Waals surface area contributed by atoms with Gasteiger partial charge in [0.1, 0.15) is 0 Å². The maximum atomic E-state index is 11.8. The van der Waals surface area contributed by atoms with Crippen molar-refractivity contribution in [1.29, 1.82) is 0 Å². The van der Waals surface area contributed by atoms with Crippen LogP contribution in [-0.4, -0.2) is 39.2 Å². The average molecular weight is 290 g/mol. The first kappa shape index (κ1) is 13.8. The van der Waals surface area contributed by atoms with E-state index >= 15 is 0 Å². The highest BCUT2D eigenvalue weighted by atomic mass is 35.5. The van der Waals surface area contributed by atoms with Gasteiger partial charge in [-0.1, -0.05) is 23.7 Å². The zero-order valence-corrected chi connectivity index (χ0v) is 11.8. The quantitative estimate of drug-likeness (QED) is 0.904. The number of methoxy groups -OCH3 is 1. The number of halogens is 1. The van der Waals surface area contributed by atoms with Crippen molar-refractivity contribution in [2.45, 2.75) is 16.7 Å². The van der Waals surface area contributed by atoms with Crippen LogP contribution in [0, 0.1) is 0 Å². The Kier molecular flexibility index (Phi) is 3.44. The number of benzene rings is 1. The minimum absolute atomic E-state index is 0.210. The molecule has 1 aliphatic rings. The lowest BCUT2D eigenvalue weighted by Crippen LogP contribution is -2.35. The van der Waals surface area contributed by atoms with Crippen molar-refractivity contribution in [2.75, 3.05) is 20.0 Å². The lowest BCUT2D eigenvalue weighted by atomic mass is 10.1. The summed E-state index contributed by atoms with van der Waals surface area (Å²) in [4.78, 5) is 0. The molecule has 6 heteroatoms. The first-order valence-electron chi connectivity index (χ1n) is 5.53. The third-order valence-electron chi connectivity index (χ3n) is 3.37. The summed E-state index contributed by atoms with van der Waals surface area (Å²) in [6.45, 7) is 0.210. The third kappa shape index (κ3) is 2.28. The van der Waals surface area contributed by atoms with Crippen molar-refractivity contribution in [1.82, 2.24) is 0 Å². The van der Waals surface area contributed by atoms with Gasteiger partial charge in [0.2, 0.25) is 0 Å². The molecule has 0 saturated heterocycles. The predicted octanol–water partition coefficient (Wildman–Crippen LogP) is 1.19. The van der Waals surface area contributed by atoms with Crippen LogP contribution in [0.25, 0.3) is 0 Å². The molecule has 0 aromatic heterocycles. The summed E-state index contributed by atoms with van der Waals surface area (Å²) < 4.78 is 28.6. The normalized spacial score (nSPS) is 31.3. The summed E-state index contributed by atoms with van der Waals surface area (Å²) in [6.07, 6.45) is 1.21. The molecule has 3 unspecified atom stereocenters. The van der Waals surface area contributed by atoms with E-state index in [1.807, 2.05) is 6.07 Å². The van der Waals surface area contributed by atoms with Crippen LogP contribution >= 0.6 is 11.6 Å². The highest BCUT2D eigenvalue weighted by molar-refractivity contribution is 7.91. The fourth-order valence-corrected chi connectivity index (χ4v) is 4.71. The number of rotatable bonds is 4. The first-order chi connectivity index (χ1) is 8.30. The van der Waals surface area contributed by atoms with Crippen LogP contribution in [-0.2, 0) is 14.6 Å². The van der Waals surface area contributed by atoms with Crippen molar-refractivity contribution in [3.63, 3.8) is 0 Å². The van der Waals surface area contributed by atoms with Crippen LogP contribution in [0.5, 0.6) is 0 Å². The zero-order chi connectivity index (χ0) is 13.6. The summed E-state index contributed by atoms with van der Waals surface area (Å²) in [7, 11) is -1.70. The van der Waals surface area contributed by atoms with E-state index in [1.165, 1.54) is 13.4 Å². The molecule has 0 bridgehead atoms. The van der Waals surface area contributed by atoms with E-state index in [2.05, 4.69) is 0 Å². The van der Waals surface area contributed by atoms with Gasteiger partial charge in [-0.3, -0.25) is 0 Å². The lowest BCUT2D eigenvalue weighted by Gasteiger charge is -2.10. The zero-order valence-electron chi connectivity index (χ0n) is 10.3. The molecule has 1 aromatic carbocycles. The van der Waals surface area contributed by atoms with E-state index < -0.39 is 20.6 Å². The third-order valence-corrected chi connectivity index (χ3v) is 5.23. The summed E-state index contributed by atoms with van der Waals surface area (Å²) in [5.41, 5.74) is 6.16. The molecule has 100 valence electrons. The molecule has 18 heavy (non-hydrogen) atoms. The van der Waals surface area contributed by atoms with E-state index in [-0.39, 0.29) is 12.5 Å². The SMILES string of the molecule is COCC1(N)C(c2cccc(Cl)c2)C1S(C)(=O)=O. The highest BCUT2D eigenvalue weighted by Gasteiger charge is 2.67. The molecule has 2 rings (SSSR count). The molecule has 2 N–H and O–H groups in total. The van der Waals surface area contributed by atoms with Crippen molar-refractivity contribution < 1.29 is 13.2 Å². The van der Waals surface area contributed by atoms with Crippen molar-refractivity contribution in [3.05, 3.63) is 34.9 Å². The summed E-state index contributed by atoms with van der Waals surface area (Å²) >= 11 is 5.93. The van der Waals surface area contributed by atoms with Gasteiger partial charge in [-0.25, -0.2) is 8.42 Å². The Bertz CT molecular complexity index is 560. The van der Waals surface area contributed by atoms with Gasteiger partial charge < -0.3 is 10.5 Å². The van der Waals surface area contributed by atoms with Gasteiger partial charge in [-0.2, -0.15) is 0 Å². The first-order valence-corrected chi connectivity index (χ1v) is 7.86. The molecular formula is C12H16ClNO3S. The Hall–Kier alpha value is -0.620. The average Bonchev–Trinajstić information content (AvgIpc) is 2.85. The topological polar surface area (TPSA) is 69.4 Å². The second-order valence-electron chi connectivity index (χ2n) is 4.83. The van der Waals surface area contributed by atoms with Gasteiger partial charge in [0.25, 0.3) is 0 Å². The summed E-state index contributed by atoms with van der Waals surface area (Å²) in [5, 5.41) is -0.0326. The molecule has 1 aliphatic carbocycles. The molecule has 1 saturated carbocycles. The smallest absolute Gasteiger partial charge is 0.152 e. The van der Waals surface area contributed by atoms with Crippen molar-refractivity contribution in [3.8, 4) is 0 Å². The Labute approximate surface area is 112 Å². The predicted molar refractivity (Wildman–Crippen MR) is 71.6 cm³/mol. The Morgan fingerprint density at radius 1 is 1.50 bits per heavy atom. The maximum Gasteiger partial charge on any atom is 0.152 e. The number of hydrogen-bond donors (Lipinski definition) is 1. The van der Waals surface area contributed by atoms with Gasteiger partial charge in [0.05, 0.1) is 17.4 Å². The monoisotopic (exact) mass is 289 g/mol. The lowest BCUT2D eigenvalue weighted by molar-refractivity contribution is 0.171. The maximum absolute atomic E-state index is 11.8. The molecule has 0 spiro atoms. The standard InChI is InChI=1S/C12H16ClNO3S/c1-17-7-12(14)10(11(12)18(2,15)16)8-4-3-5-9(13)6-8/h3-6,10-11H,7,14H2,1-2H3. The second-order valence-corrected chi connectivity index (χ2v) is 7.43. The van der Waals surface area contributed by atoms with E-state index in [1.54, 1.807) is 18.2 Å². The van der Waals surface area contributed by atoms with Gasteiger partial charge in [0, 0.05) is 24.3 Å². The van der Waals surface area contributed by atoms with Crippen molar-refractivity contribution >= 4 is 21.4 Å². The van der Waals surface area contributed by atoms with E-state index in [9.17, 15) is 8.42 Å². The van der Waals surface area contributed by atoms with Crippen molar-refractivity contribution in [2.24, 2.45) is 5.73 Å². The number of ether oxygens (including phenoxy) is 1. The largest absolute Gasteiger partial charge is 0.383 e. The number of hydrogen-bond acceptors (Lipinski definition) is 4. The molecule has 0 radical (unpaired) electrons. The highest BCUT2D eigenvalue weighted by Crippen LogP contribution is 2.54. The van der Waals surface area contributed by atoms with Crippen LogP contribution in [0.4, 0.5) is 0 Å². The van der Waals surface area contributed by atoms with Gasteiger partial charge in [-0.05, 0) is 17.7 Å². The van der Waals surface area contributed by atoms with Gasteiger partial charge >= 0.3 is 0 Å². The van der Waals surface area contributed by atoms with Crippen LogP contribution in [0.1, 0.15) is 11.5 Å². The Morgan fingerprint density at radius 3 is 2.67 bits per heavy atom. The fraction of sp³-hybridized carbons (Fsp3) is 0.500. The molecule has 0 amide bonds. The molecule has 0 aliphatic heterocycles. The molecular weight excluding hydrogens is 274 g/mol. The van der Waals surface area contributed by atoms with Crippen LogP contribution in [0.2, 0.25) is 5.02 Å². The second kappa shape index (κ2) is 4.49.